The maximum Gasteiger partial charge on any atom is 0.129 e. The Kier molecular flexibility index (Phi) is 2.56. The van der Waals surface area contributed by atoms with Crippen molar-refractivity contribution in [3.8, 4) is 0 Å². The van der Waals surface area contributed by atoms with E-state index in [-0.39, 0.29) is 6.04 Å². The SMILES string of the molecule is Cc1ccc(C(N)c2nccn2C)cc1. The largest absolute Gasteiger partial charge is 0.336 e. The van der Waals surface area contributed by atoms with Crippen LogP contribution in [0.3, 0.4) is 0 Å². The van der Waals surface area contributed by atoms with Crippen molar-refractivity contribution in [2.24, 2.45) is 12.8 Å². The average Bonchev–Trinajstić information content (AvgIpc) is 2.65. The van der Waals surface area contributed by atoms with Crippen molar-refractivity contribution in [2.75, 3.05) is 0 Å². The van der Waals surface area contributed by atoms with E-state index in [1.165, 1.54) is 5.56 Å². The van der Waals surface area contributed by atoms with Crippen LogP contribution in [0.15, 0.2) is 36.7 Å². The van der Waals surface area contributed by atoms with Gasteiger partial charge in [-0.05, 0) is 12.5 Å². The first-order valence-electron chi connectivity index (χ1n) is 4.98. The zero-order valence-electron chi connectivity index (χ0n) is 9.01. The van der Waals surface area contributed by atoms with Crippen molar-refractivity contribution >= 4 is 0 Å². The zero-order chi connectivity index (χ0) is 10.8. The fourth-order valence-corrected chi connectivity index (χ4v) is 1.60. The van der Waals surface area contributed by atoms with Crippen LogP contribution in [0.1, 0.15) is 23.0 Å². The van der Waals surface area contributed by atoms with Gasteiger partial charge in [-0.15, -0.1) is 0 Å². The molecule has 0 fully saturated rings. The number of nitrogens with zero attached hydrogens (tertiary/aromatic N) is 2. The first-order valence-corrected chi connectivity index (χ1v) is 4.98. The summed E-state index contributed by atoms with van der Waals surface area (Å²) in [4.78, 5) is 4.25. The van der Waals surface area contributed by atoms with Crippen LogP contribution in [0.25, 0.3) is 0 Å². The molecule has 78 valence electrons. The molecule has 2 aromatic rings. The Bertz CT molecular complexity index is 442. The molecule has 0 amide bonds. The number of rotatable bonds is 2. The Balaban J connectivity index is 2.32. The van der Waals surface area contributed by atoms with E-state index in [4.69, 9.17) is 5.73 Å². The summed E-state index contributed by atoms with van der Waals surface area (Å²) >= 11 is 0. The van der Waals surface area contributed by atoms with Gasteiger partial charge < -0.3 is 10.3 Å². The van der Waals surface area contributed by atoms with E-state index in [0.717, 1.165) is 11.4 Å². The van der Waals surface area contributed by atoms with Gasteiger partial charge in [0.05, 0.1) is 6.04 Å². The van der Waals surface area contributed by atoms with Gasteiger partial charge in [-0.25, -0.2) is 4.98 Å². The van der Waals surface area contributed by atoms with Gasteiger partial charge in [0.1, 0.15) is 5.82 Å². The van der Waals surface area contributed by atoms with E-state index in [1.54, 1.807) is 6.20 Å². The molecule has 2 N–H and O–H groups in total. The average molecular weight is 201 g/mol. The summed E-state index contributed by atoms with van der Waals surface area (Å²) in [6, 6.07) is 8.09. The molecular weight excluding hydrogens is 186 g/mol. The van der Waals surface area contributed by atoms with Crippen molar-refractivity contribution in [1.29, 1.82) is 0 Å². The van der Waals surface area contributed by atoms with E-state index in [0.29, 0.717) is 0 Å². The third-order valence-electron chi connectivity index (χ3n) is 2.57. The molecule has 1 unspecified atom stereocenters. The van der Waals surface area contributed by atoms with Crippen LogP contribution in [-0.4, -0.2) is 9.55 Å². The number of nitrogens with two attached hydrogens (primary N) is 1. The molecule has 0 saturated heterocycles. The van der Waals surface area contributed by atoms with Gasteiger partial charge >= 0.3 is 0 Å². The molecule has 0 aliphatic rings. The standard InChI is InChI=1S/C12H15N3/c1-9-3-5-10(6-4-9)11(13)12-14-7-8-15(12)2/h3-8,11H,13H2,1-2H3. The van der Waals surface area contributed by atoms with E-state index < -0.39 is 0 Å². The molecule has 1 aromatic heterocycles. The highest BCUT2D eigenvalue weighted by atomic mass is 15.1. The molecule has 1 aromatic carbocycles. The molecule has 0 saturated carbocycles. The first-order chi connectivity index (χ1) is 7.18. The highest BCUT2D eigenvalue weighted by molar-refractivity contribution is 5.27. The maximum atomic E-state index is 6.13. The summed E-state index contributed by atoms with van der Waals surface area (Å²) in [6.07, 6.45) is 3.67. The van der Waals surface area contributed by atoms with Crippen molar-refractivity contribution in [3.05, 3.63) is 53.6 Å². The predicted molar refractivity (Wildman–Crippen MR) is 60.4 cm³/mol. The topological polar surface area (TPSA) is 43.8 Å². The second-order valence-electron chi connectivity index (χ2n) is 3.78. The van der Waals surface area contributed by atoms with Crippen LogP contribution in [0.4, 0.5) is 0 Å². The van der Waals surface area contributed by atoms with Gasteiger partial charge in [-0.3, -0.25) is 0 Å². The van der Waals surface area contributed by atoms with Crippen LogP contribution in [0.5, 0.6) is 0 Å². The fraction of sp³-hybridized carbons (Fsp3) is 0.250. The molecule has 0 radical (unpaired) electrons. The molecule has 3 heteroatoms. The lowest BCUT2D eigenvalue weighted by Crippen LogP contribution is -2.16. The van der Waals surface area contributed by atoms with Crippen LogP contribution in [0.2, 0.25) is 0 Å². The van der Waals surface area contributed by atoms with Gasteiger partial charge in [-0.2, -0.15) is 0 Å². The number of benzene rings is 1. The summed E-state index contributed by atoms with van der Waals surface area (Å²) in [6.45, 7) is 2.07. The Hall–Kier alpha value is -1.61. The quantitative estimate of drug-likeness (QED) is 0.804. The van der Waals surface area contributed by atoms with Crippen molar-refractivity contribution in [3.63, 3.8) is 0 Å². The summed E-state index contributed by atoms with van der Waals surface area (Å²) < 4.78 is 1.95. The molecule has 1 heterocycles. The van der Waals surface area contributed by atoms with Gasteiger partial charge in [0.2, 0.25) is 0 Å². The van der Waals surface area contributed by atoms with E-state index in [9.17, 15) is 0 Å². The highest BCUT2D eigenvalue weighted by Crippen LogP contribution is 2.17. The lowest BCUT2D eigenvalue weighted by Gasteiger charge is -2.11. The zero-order valence-corrected chi connectivity index (χ0v) is 9.01. The Labute approximate surface area is 89.6 Å². The fourth-order valence-electron chi connectivity index (χ4n) is 1.60. The minimum Gasteiger partial charge on any atom is -0.336 e. The molecular formula is C12H15N3. The summed E-state index contributed by atoms with van der Waals surface area (Å²) in [5, 5.41) is 0. The van der Waals surface area contributed by atoms with Gasteiger partial charge in [-0.1, -0.05) is 29.8 Å². The Morgan fingerprint density at radius 1 is 1.27 bits per heavy atom. The minimum atomic E-state index is -0.148. The van der Waals surface area contributed by atoms with Gasteiger partial charge in [0.25, 0.3) is 0 Å². The molecule has 1 atom stereocenters. The third kappa shape index (κ3) is 1.92. The van der Waals surface area contributed by atoms with Gasteiger partial charge in [0.15, 0.2) is 0 Å². The molecule has 0 bridgehead atoms. The summed E-state index contributed by atoms with van der Waals surface area (Å²) in [5.74, 6) is 0.888. The van der Waals surface area contributed by atoms with Crippen molar-refractivity contribution < 1.29 is 0 Å². The molecule has 0 spiro atoms. The van der Waals surface area contributed by atoms with Crippen LogP contribution in [0, 0.1) is 6.92 Å². The monoisotopic (exact) mass is 201 g/mol. The number of hydrogen-bond acceptors (Lipinski definition) is 2. The number of imidazole rings is 1. The number of hydrogen-bond donors (Lipinski definition) is 1. The number of aromatic nitrogens is 2. The third-order valence-corrected chi connectivity index (χ3v) is 2.57. The van der Waals surface area contributed by atoms with E-state index in [1.807, 2.05) is 17.8 Å². The number of aryl methyl sites for hydroxylation is 2. The Morgan fingerprint density at radius 3 is 2.47 bits per heavy atom. The van der Waals surface area contributed by atoms with E-state index >= 15 is 0 Å². The first kappa shape index (κ1) is 9.93. The van der Waals surface area contributed by atoms with Crippen LogP contribution >= 0.6 is 0 Å². The second-order valence-corrected chi connectivity index (χ2v) is 3.78. The highest BCUT2D eigenvalue weighted by Gasteiger charge is 2.12. The normalized spacial score (nSPS) is 12.7. The van der Waals surface area contributed by atoms with Crippen molar-refractivity contribution in [1.82, 2.24) is 9.55 Å². The molecule has 3 nitrogen and oxygen atoms in total. The summed E-state index contributed by atoms with van der Waals surface area (Å²) in [5.41, 5.74) is 8.46. The smallest absolute Gasteiger partial charge is 0.129 e. The van der Waals surface area contributed by atoms with E-state index in [2.05, 4.69) is 36.2 Å². The maximum absolute atomic E-state index is 6.13. The predicted octanol–water partition coefficient (Wildman–Crippen LogP) is 1.78. The lowest BCUT2D eigenvalue weighted by molar-refractivity contribution is 0.717. The van der Waals surface area contributed by atoms with Crippen LogP contribution in [-0.2, 0) is 7.05 Å². The lowest BCUT2D eigenvalue weighted by atomic mass is 10.1. The Morgan fingerprint density at radius 2 is 1.93 bits per heavy atom. The molecule has 0 aliphatic heterocycles. The molecule has 2 rings (SSSR count). The summed E-state index contributed by atoms with van der Waals surface area (Å²) in [7, 11) is 1.95. The van der Waals surface area contributed by atoms with Gasteiger partial charge in [0, 0.05) is 19.4 Å². The second kappa shape index (κ2) is 3.87. The minimum absolute atomic E-state index is 0.148. The van der Waals surface area contributed by atoms with Crippen molar-refractivity contribution in [2.45, 2.75) is 13.0 Å². The van der Waals surface area contributed by atoms with Crippen LogP contribution < -0.4 is 5.73 Å². The molecule has 0 aliphatic carbocycles. The molecule has 15 heavy (non-hydrogen) atoms.